The molecular weight excluding hydrogens is 1110 g/mol. The first-order valence-corrected chi connectivity index (χ1v) is 34.2. The third kappa shape index (κ3) is 17.1. The molecule has 1 aliphatic rings. The minimum Gasteiger partial charge on any atom is -0.289 e. The van der Waals surface area contributed by atoms with Crippen LogP contribution in [0.15, 0.2) is 209 Å². The number of benzene rings is 8. The van der Waals surface area contributed by atoms with E-state index in [2.05, 4.69) is 88.4 Å². The van der Waals surface area contributed by atoms with Crippen molar-refractivity contribution in [2.45, 2.75) is 195 Å². The second-order valence-corrected chi connectivity index (χ2v) is 26.9. The maximum absolute atomic E-state index is 15.2. The summed E-state index contributed by atoms with van der Waals surface area (Å²) in [7, 11) is 0. The number of aryl methyl sites for hydroxylation is 4. The monoisotopic (exact) mass is 1180 g/mol. The van der Waals surface area contributed by atoms with Crippen LogP contribution in [0.4, 0.5) is 0 Å². The molecule has 0 amide bonds. The molecule has 9 rings (SSSR count). The first kappa shape index (κ1) is 62.4. The highest BCUT2D eigenvalue weighted by Crippen LogP contribution is 2.45. The van der Waals surface area contributed by atoms with E-state index in [1.165, 1.54) is 146 Å². The van der Waals surface area contributed by atoms with E-state index in [1.54, 1.807) is 0 Å². The number of ketones is 4. The predicted octanol–water partition coefficient (Wildman–Crippen LogP) is 22.0. The zero-order valence-corrected chi connectivity index (χ0v) is 52.8. The van der Waals surface area contributed by atoms with Gasteiger partial charge in [-0.3, -0.25) is 19.2 Å². The largest absolute Gasteiger partial charge is 0.289 e. The van der Waals surface area contributed by atoms with Crippen molar-refractivity contribution in [3.63, 3.8) is 0 Å². The summed E-state index contributed by atoms with van der Waals surface area (Å²) in [6, 6.07) is 56.3. The molecule has 8 heteroatoms. The summed E-state index contributed by atoms with van der Waals surface area (Å²) < 4.78 is 0. The normalized spacial score (nSPS) is 12.0. The van der Waals surface area contributed by atoms with Crippen molar-refractivity contribution in [3.05, 3.63) is 237 Å². The van der Waals surface area contributed by atoms with Gasteiger partial charge < -0.3 is 0 Å². The maximum Gasteiger partial charge on any atom is 0.194 e. The van der Waals surface area contributed by atoms with Crippen molar-refractivity contribution in [1.29, 1.82) is 0 Å². The summed E-state index contributed by atoms with van der Waals surface area (Å²) in [5, 5.41) is 0. The molecule has 0 aromatic heterocycles. The van der Waals surface area contributed by atoms with Gasteiger partial charge in [0.25, 0.3) is 0 Å². The van der Waals surface area contributed by atoms with Crippen molar-refractivity contribution in [3.8, 4) is 0 Å². The lowest BCUT2D eigenvalue weighted by atomic mass is 9.95. The van der Waals surface area contributed by atoms with E-state index >= 15 is 19.2 Å². The summed E-state index contributed by atoms with van der Waals surface area (Å²) in [5.74, 6) is -0.576. The van der Waals surface area contributed by atoms with Crippen molar-refractivity contribution in [2.24, 2.45) is 0 Å². The molecule has 8 aromatic rings. The lowest BCUT2D eigenvalue weighted by Gasteiger charge is -2.18. The highest BCUT2D eigenvalue weighted by atomic mass is 32.2. The Hall–Kier alpha value is -6.16. The van der Waals surface area contributed by atoms with Gasteiger partial charge in [0.2, 0.25) is 0 Å². The summed E-state index contributed by atoms with van der Waals surface area (Å²) in [5.41, 5.74) is 8.97. The second kappa shape index (κ2) is 31.8. The molecule has 0 fully saturated rings. The van der Waals surface area contributed by atoms with Gasteiger partial charge in [0.1, 0.15) is 0 Å². The molecule has 0 radical (unpaired) electrons. The SMILES string of the molecule is CCCCCCc1ccc(C(=O)c2cc(C(=O)c3ccc(CCCCCC)cc3)c3cc2Sc2cccc(c2)Sc2cc(c(C(=O)c4ccc(CCCCCC)cc4)cc2C(=O)c2ccc(CCCCCC)cc2)Sc2cccc(c2)S3)cc1. The zero-order valence-electron chi connectivity index (χ0n) is 49.6. The molecule has 0 aliphatic carbocycles. The molecule has 8 aromatic carbocycles. The van der Waals surface area contributed by atoms with Gasteiger partial charge in [-0.25, -0.2) is 0 Å². The molecule has 0 N–H and O–H groups in total. The zero-order chi connectivity index (χ0) is 58.6. The van der Waals surface area contributed by atoms with E-state index in [0.717, 1.165) is 90.5 Å². The van der Waals surface area contributed by atoms with Gasteiger partial charge in [-0.05, 0) is 134 Å². The molecule has 1 aliphatic heterocycles. The second-order valence-electron chi connectivity index (χ2n) is 22.4. The first-order valence-electron chi connectivity index (χ1n) is 30.9. The molecule has 8 bridgehead atoms. The number of rotatable bonds is 28. The van der Waals surface area contributed by atoms with Crippen LogP contribution in [0.1, 0.15) is 216 Å². The molecule has 0 spiro atoms. The summed E-state index contributed by atoms with van der Waals surface area (Å²) >= 11 is 6.01. The molecule has 0 saturated carbocycles. The van der Waals surface area contributed by atoms with Crippen LogP contribution in [0.2, 0.25) is 0 Å². The highest BCUT2D eigenvalue weighted by Gasteiger charge is 2.27. The fourth-order valence-corrected chi connectivity index (χ4v) is 15.2. The van der Waals surface area contributed by atoms with E-state index in [1.807, 2.05) is 109 Å². The summed E-state index contributed by atoms with van der Waals surface area (Å²) in [6.07, 6.45) is 22.6. The van der Waals surface area contributed by atoms with Crippen molar-refractivity contribution in [2.75, 3.05) is 0 Å². The fourth-order valence-electron chi connectivity index (χ4n) is 10.8. The number of unbranched alkanes of at least 4 members (excludes halogenated alkanes) is 12. The van der Waals surface area contributed by atoms with Crippen molar-refractivity contribution < 1.29 is 19.2 Å². The Balaban J connectivity index is 1.15. The topological polar surface area (TPSA) is 68.3 Å². The molecule has 84 heavy (non-hydrogen) atoms. The molecule has 1 heterocycles. The van der Waals surface area contributed by atoms with Crippen LogP contribution in [-0.2, 0) is 25.7 Å². The average molecular weight is 1190 g/mol. The maximum atomic E-state index is 15.2. The molecule has 432 valence electrons. The Morgan fingerprint density at radius 1 is 0.262 bits per heavy atom. The van der Waals surface area contributed by atoms with Gasteiger partial charge in [0.05, 0.1) is 0 Å². The van der Waals surface area contributed by atoms with Gasteiger partial charge in [0.15, 0.2) is 23.1 Å². The van der Waals surface area contributed by atoms with Gasteiger partial charge in [-0.1, -0.05) is 261 Å². The predicted molar refractivity (Wildman–Crippen MR) is 353 cm³/mol. The Morgan fingerprint density at radius 3 is 0.702 bits per heavy atom. The third-order valence-corrected chi connectivity index (χ3v) is 20.0. The first-order chi connectivity index (χ1) is 41.1. The summed E-state index contributed by atoms with van der Waals surface area (Å²) in [6.45, 7) is 8.89. The Bertz CT molecular complexity index is 3060. The fraction of sp³-hybridized carbons (Fsp3) is 0.316. The van der Waals surface area contributed by atoms with Crippen LogP contribution in [-0.4, -0.2) is 23.1 Å². The number of carbonyl (C=O) groups excluding carboxylic acids is 4. The van der Waals surface area contributed by atoms with Gasteiger partial charge in [-0.2, -0.15) is 0 Å². The van der Waals surface area contributed by atoms with E-state index in [0.29, 0.717) is 44.5 Å². The summed E-state index contributed by atoms with van der Waals surface area (Å²) in [4.78, 5) is 67.2. The van der Waals surface area contributed by atoms with Gasteiger partial charge in [-0.15, -0.1) is 0 Å². The van der Waals surface area contributed by atoms with Crippen LogP contribution in [0, 0.1) is 0 Å². The van der Waals surface area contributed by atoms with Crippen LogP contribution < -0.4 is 0 Å². The van der Waals surface area contributed by atoms with Gasteiger partial charge >= 0.3 is 0 Å². The standard InChI is InChI=1S/C76H80O4S4/c1-5-9-13-17-23-53-31-39-57(40-32-53)73(77)65-49-66(74(78)58-41-33-54(34-42-58)24-18-14-10-6-2)70-51-69(65)81-61-27-21-28-62(47-61)83-71-52-72(84-64-30-22-29-63(48-64)82-70)68(76(80)60-45-37-56(38-46-60)26-20-16-12-8-4)50-67(71)75(79)59-43-35-55(36-44-59)25-19-15-11-7-3/h21-22,27-52H,5-20,23-26H2,1-4H3. The van der Waals surface area contributed by atoms with E-state index in [4.69, 9.17) is 0 Å². The van der Waals surface area contributed by atoms with Gasteiger partial charge in [0, 0.05) is 83.7 Å². The lowest BCUT2D eigenvalue weighted by molar-refractivity contribution is 0.102. The van der Waals surface area contributed by atoms with Crippen LogP contribution in [0.5, 0.6) is 0 Å². The quantitative estimate of drug-likeness (QED) is 0.0355. The van der Waals surface area contributed by atoms with Crippen molar-refractivity contribution >= 4 is 70.2 Å². The smallest absolute Gasteiger partial charge is 0.194 e. The highest BCUT2D eigenvalue weighted by molar-refractivity contribution is 8.01. The van der Waals surface area contributed by atoms with E-state index in [-0.39, 0.29) is 23.1 Å². The number of hydrogen-bond acceptors (Lipinski definition) is 8. The third-order valence-electron chi connectivity index (χ3n) is 15.8. The Labute approximate surface area is 517 Å². The molecule has 0 unspecified atom stereocenters. The number of carbonyl (C=O) groups is 4. The molecule has 0 saturated heterocycles. The van der Waals surface area contributed by atoms with Crippen LogP contribution >= 0.6 is 47.0 Å². The number of fused-ring (bicyclic) bond motifs is 8. The Morgan fingerprint density at radius 2 is 0.488 bits per heavy atom. The number of hydrogen-bond donors (Lipinski definition) is 0. The lowest BCUT2D eigenvalue weighted by Crippen LogP contribution is -2.10. The molecule has 4 nitrogen and oxygen atoms in total. The average Bonchev–Trinajstić information content (AvgIpc) is 3.70. The minimum atomic E-state index is -0.144. The van der Waals surface area contributed by atoms with Crippen LogP contribution in [0.3, 0.4) is 0 Å². The molecule has 0 atom stereocenters. The van der Waals surface area contributed by atoms with E-state index < -0.39 is 0 Å². The molecular formula is C76H80O4S4. The minimum absolute atomic E-state index is 0.144. The Kier molecular flexibility index (Phi) is 23.6. The van der Waals surface area contributed by atoms with Crippen molar-refractivity contribution in [1.82, 2.24) is 0 Å². The van der Waals surface area contributed by atoms with E-state index in [9.17, 15) is 0 Å². The van der Waals surface area contributed by atoms with Crippen LogP contribution in [0.25, 0.3) is 0 Å².